The average Bonchev–Trinajstić information content (AvgIpc) is 3.05. The van der Waals surface area contributed by atoms with Crippen LogP contribution in [0.25, 0.3) is 0 Å². The van der Waals surface area contributed by atoms with Gasteiger partial charge in [-0.05, 0) is 67.4 Å². The summed E-state index contributed by atoms with van der Waals surface area (Å²) in [7, 11) is 0. The summed E-state index contributed by atoms with van der Waals surface area (Å²) >= 11 is 4.58. The van der Waals surface area contributed by atoms with Crippen molar-refractivity contribution in [2.75, 3.05) is 17.2 Å². The lowest BCUT2D eigenvalue weighted by molar-refractivity contribution is -0.137. The van der Waals surface area contributed by atoms with E-state index >= 15 is 0 Å². The van der Waals surface area contributed by atoms with Gasteiger partial charge in [-0.25, -0.2) is 0 Å². The van der Waals surface area contributed by atoms with Crippen LogP contribution in [0.4, 0.5) is 11.4 Å². The third-order valence-corrected chi connectivity index (χ3v) is 7.01. The molecular weight excluding hydrogens is 538 g/mol. The second kappa shape index (κ2) is 11.1. The van der Waals surface area contributed by atoms with Crippen LogP contribution in [-0.2, 0) is 9.59 Å². The van der Waals surface area contributed by atoms with Gasteiger partial charge in [0.15, 0.2) is 0 Å². The summed E-state index contributed by atoms with van der Waals surface area (Å²) < 4.78 is 0.892. The Hall–Kier alpha value is -3.36. The van der Waals surface area contributed by atoms with Crippen LogP contribution in [-0.4, -0.2) is 29.2 Å². The molecule has 1 heterocycles. The SMILES string of the molecule is Cc1ccc(NC2=C(Sc3cccc(NC(=O)c4ccc(Br)cc4)c3)C(=O)N(CC(C)C)C2=O)cc1. The van der Waals surface area contributed by atoms with Gasteiger partial charge < -0.3 is 10.6 Å². The van der Waals surface area contributed by atoms with E-state index in [9.17, 15) is 14.4 Å². The van der Waals surface area contributed by atoms with Crippen molar-refractivity contribution in [1.82, 2.24) is 4.90 Å². The van der Waals surface area contributed by atoms with Crippen molar-refractivity contribution >= 4 is 56.8 Å². The van der Waals surface area contributed by atoms with Gasteiger partial charge in [-0.2, -0.15) is 0 Å². The molecule has 6 nitrogen and oxygen atoms in total. The van der Waals surface area contributed by atoms with E-state index in [4.69, 9.17) is 0 Å². The van der Waals surface area contributed by atoms with Crippen LogP contribution < -0.4 is 10.6 Å². The minimum Gasteiger partial charge on any atom is -0.350 e. The van der Waals surface area contributed by atoms with Crippen molar-refractivity contribution in [2.24, 2.45) is 5.92 Å². The van der Waals surface area contributed by atoms with Gasteiger partial charge in [0.25, 0.3) is 17.7 Å². The Morgan fingerprint density at radius 1 is 0.944 bits per heavy atom. The summed E-state index contributed by atoms with van der Waals surface area (Å²) in [6.07, 6.45) is 0. The van der Waals surface area contributed by atoms with Crippen LogP contribution in [0.15, 0.2) is 92.8 Å². The number of nitrogens with zero attached hydrogens (tertiary/aromatic N) is 1. The zero-order chi connectivity index (χ0) is 25.8. The van der Waals surface area contributed by atoms with E-state index in [-0.39, 0.29) is 29.3 Å². The Bertz CT molecular complexity index is 1330. The second-order valence-electron chi connectivity index (χ2n) is 8.90. The molecule has 0 saturated carbocycles. The first-order valence-electron chi connectivity index (χ1n) is 11.5. The standard InChI is InChI=1S/C28H26BrN3O3S/c1-17(2)16-32-27(34)24(30-21-13-7-18(3)8-14-21)25(28(32)35)36-23-6-4-5-22(15-23)31-26(33)19-9-11-20(29)12-10-19/h4-15,17,30H,16H2,1-3H3,(H,31,33). The largest absolute Gasteiger partial charge is 0.350 e. The number of carbonyl (C=O) groups excluding carboxylic acids is 3. The number of amides is 3. The molecule has 8 heteroatoms. The number of hydrogen-bond donors (Lipinski definition) is 2. The molecule has 0 spiro atoms. The van der Waals surface area contributed by atoms with Crippen LogP contribution in [0.5, 0.6) is 0 Å². The molecule has 36 heavy (non-hydrogen) atoms. The van der Waals surface area contributed by atoms with Gasteiger partial charge in [0.2, 0.25) is 0 Å². The van der Waals surface area contributed by atoms with Crippen molar-refractivity contribution in [3.63, 3.8) is 0 Å². The number of aryl methyl sites for hydroxylation is 1. The molecule has 3 aromatic carbocycles. The minimum atomic E-state index is -0.337. The molecule has 0 aromatic heterocycles. The molecular formula is C28H26BrN3O3S. The van der Waals surface area contributed by atoms with Crippen molar-refractivity contribution in [1.29, 1.82) is 0 Å². The fourth-order valence-corrected chi connectivity index (χ4v) is 4.90. The molecule has 1 aliphatic rings. The van der Waals surface area contributed by atoms with Crippen molar-refractivity contribution in [3.8, 4) is 0 Å². The van der Waals surface area contributed by atoms with Gasteiger partial charge in [-0.1, -0.05) is 65.3 Å². The van der Waals surface area contributed by atoms with Crippen LogP contribution >= 0.6 is 27.7 Å². The van der Waals surface area contributed by atoms with Crippen molar-refractivity contribution in [2.45, 2.75) is 25.7 Å². The zero-order valence-corrected chi connectivity index (χ0v) is 22.6. The van der Waals surface area contributed by atoms with E-state index in [1.165, 1.54) is 16.7 Å². The van der Waals surface area contributed by atoms with E-state index in [0.29, 0.717) is 22.7 Å². The molecule has 0 aliphatic carbocycles. The number of imide groups is 1. The number of carbonyl (C=O) groups is 3. The highest BCUT2D eigenvalue weighted by molar-refractivity contribution is 9.10. The molecule has 4 rings (SSSR count). The molecule has 3 amide bonds. The number of halogens is 1. The molecule has 0 saturated heterocycles. The van der Waals surface area contributed by atoms with Gasteiger partial charge >= 0.3 is 0 Å². The van der Waals surface area contributed by atoms with Gasteiger partial charge in [0.1, 0.15) is 10.6 Å². The maximum Gasteiger partial charge on any atom is 0.278 e. The third-order valence-electron chi connectivity index (χ3n) is 5.41. The molecule has 0 radical (unpaired) electrons. The Labute approximate surface area is 223 Å². The Kier molecular flexibility index (Phi) is 7.96. The molecule has 1 aliphatic heterocycles. The molecule has 0 unspecified atom stereocenters. The van der Waals surface area contributed by atoms with Crippen LogP contribution in [0, 0.1) is 12.8 Å². The topological polar surface area (TPSA) is 78.5 Å². The number of rotatable bonds is 8. The van der Waals surface area contributed by atoms with Crippen LogP contribution in [0.1, 0.15) is 29.8 Å². The smallest absolute Gasteiger partial charge is 0.278 e. The average molecular weight is 565 g/mol. The first kappa shape index (κ1) is 25.7. The lowest BCUT2D eigenvalue weighted by Crippen LogP contribution is -2.35. The predicted octanol–water partition coefficient (Wildman–Crippen LogP) is 6.45. The summed E-state index contributed by atoms with van der Waals surface area (Å²) in [5, 5.41) is 6.06. The lowest BCUT2D eigenvalue weighted by Gasteiger charge is -2.17. The fraction of sp³-hybridized carbons (Fsp3) is 0.179. The van der Waals surface area contributed by atoms with Gasteiger partial charge in [0.05, 0.1) is 0 Å². The van der Waals surface area contributed by atoms with Gasteiger partial charge in [-0.3, -0.25) is 19.3 Å². The van der Waals surface area contributed by atoms with E-state index in [0.717, 1.165) is 20.6 Å². The van der Waals surface area contributed by atoms with Crippen molar-refractivity contribution < 1.29 is 14.4 Å². The summed E-state index contributed by atoms with van der Waals surface area (Å²) in [5.74, 6) is -0.755. The fourth-order valence-electron chi connectivity index (χ4n) is 3.63. The van der Waals surface area contributed by atoms with Crippen LogP contribution in [0.3, 0.4) is 0 Å². The summed E-state index contributed by atoms with van der Waals surface area (Å²) in [6, 6.07) is 22.0. The molecule has 0 atom stereocenters. The van der Waals surface area contributed by atoms with Crippen LogP contribution in [0.2, 0.25) is 0 Å². The highest BCUT2D eigenvalue weighted by Crippen LogP contribution is 2.37. The second-order valence-corrected chi connectivity index (χ2v) is 10.9. The predicted molar refractivity (Wildman–Crippen MR) is 148 cm³/mol. The number of thioether (sulfide) groups is 1. The summed E-state index contributed by atoms with van der Waals surface area (Å²) in [4.78, 5) is 41.5. The van der Waals surface area contributed by atoms with E-state index in [1.807, 2.05) is 63.2 Å². The first-order chi connectivity index (χ1) is 17.2. The number of anilines is 2. The highest BCUT2D eigenvalue weighted by Gasteiger charge is 2.39. The van der Waals surface area contributed by atoms with Crippen molar-refractivity contribution in [3.05, 3.63) is 99.0 Å². The summed E-state index contributed by atoms with van der Waals surface area (Å²) in [5.41, 5.74) is 3.22. The van der Waals surface area contributed by atoms with Gasteiger partial charge in [-0.15, -0.1) is 0 Å². The Morgan fingerprint density at radius 3 is 2.31 bits per heavy atom. The molecule has 184 valence electrons. The first-order valence-corrected chi connectivity index (χ1v) is 13.1. The third kappa shape index (κ3) is 6.06. The maximum absolute atomic E-state index is 13.3. The maximum atomic E-state index is 13.3. The highest BCUT2D eigenvalue weighted by atomic mass is 79.9. The number of nitrogens with one attached hydrogen (secondary N) is 2. The lowest BCUT2D eigenvalue weighted by atomic mass is 10.2. The van der Waals surface area contributed by atoms with E-state index in [2.05, 4.69) is 26.6 Å². The monoisotopic (exact) mass is 563 g/mol. The van der Waals surface area contributed by atoms with E-state index in [1.54, 1.807) is 30.3 Å². The molecule has 2 N–H and O–H groups in total. The minimum absolute atomic E-state index is 0.139. The van der Waals surface area contributed by atoms with E-state index < -0.39 is 0 Å². The molecule has 0 bridgehead atoms. The summed E-state index contributed by atoms with van der Waals surface area (Å²) in [6.45, 7) is 6.26. The molecule has 0 fully saturated rings. The van der Waals surface area contributed by atoms with Gasteiger partial charge in [0, 0.05) is 32.9 Å². The Balaban J connectivity index is 1.59. The number of benzene rings is 3. The molecule has 3 aromatic rings. The quantitative estimate of drug-likeness (QED) is 0.308. The number of hydrogen-bond acceptors (Lipinski definition) is 5. The Morgan fingerprint density at radius 2 is 1.64 bits per heavy atom. The zero-order valence-electron chi connectivity index (χ0n) is 20.2. The normalized spacial score (nSPS) is 13.5.